The number of fused-ring (bicyclic) bond motifs is 3. The summed E-state index contributed by atoms with van der Waals surface area (Å²) >= 11 is 1.06. The van der Waals surface area contributed by atoms with E-state index >= 15 is 0 Å². The predicted molar refractivity (Wildman–Crippen MR) is 131 cm³/mol. The second-order valence-corrected chi connectivity index (χ2v) is 10.4. The molecule has 0 unspecified atom stereocenters. The number of carbonyl (C=O) groups is 3. The van der Waals surface area contributed by atoms with Gasteiger partial charge in [0.05, 0.1) is 19.4 Å². The molecule has 0 aliphatic carbocycles. The van der Waals surface area contributed by atoms with E-state index in [1.807, 2.05) is 24.3 Å². The van der Waals surface area contributed by atoms with Gasteiger partial charge in [-0.2, -0.15) is 0 Å². The number of alkyl carbamates (subject to hydrolysis) is 1. The topological polar surface area (TPSA) is 140 Å². The average Bonchev–Trinajstić information content (AvgIpc) is 3.44. The van der Waals surface area contributed by atoms with E-state index in [0.717, 1.165) is 33.9 Å². The molecular formula is C24H29N5O6S. The highest BCUT2D eigenvalue weighted by Crippen LogP contribution is 2.31. The summed E-state index contributed by atoms with van der Waals surface area (Å²) in [5, 5.41) is 11.8. The van der Waals surface area contributed by atoms with Crippen molar-refractivity contribution in [1.29, 1.82) is 0 Å². The van der Waals surface area contributed by atoms with E-state index in [-0.39, 0.29) is 29.3 Å². The second kappa shape index (κ2) is 10.2. The van der Waals surface area contributed by atoms with Crippen molar-refractivity contribution in [3.63, 3.8) is 0 Å². The van der Waals surface area contributed by atoms with Crippen molar-refractivity contribution in [3.8, 4) is 0 Å². The Morgan fingerprint density at radius 1 is 1.28 bits per heavy atom. The number of hydrogen-bond acceptors (Lipinski definition) is 9. The number of nitrogens with one attached hydrogen (secondary N) is 2. The van der Waals surface area contributed by atoms with Crippen LogP contribution in [0.25, 0.3) is 10.9 Å². The minimum Gasteiger partial charge on any atom is -0.467 e. The Morgan fingerprint density at radius 2 is 2.03 bits per heavy atom. The maximum atomic E-state index is 13.2. The molecule has 1 aliphatic heterocycles. The van der Waals surface area contributed by atoms with Crippen molar-refractivity contribution in [1.82, 2.24) is 25.4 Å². The summed E-state index contributed by atoms with van der Waals surface area (Å²) in [6.45, 7) is 7.24. The number of benzene rings is 1. The lowest BCUT2D eigenvalue weighted by Crippen LogP contribution is -2.49. The van der Waals surface area contributed by atoms with Crippen LogP contribution < -0.4 is 5.32 Å². The minimum absolute atomic E-state index is 0.0153. The van der Waals surface area contributed by atoms with Gasteiger partial charge in [0.25, 0.3) is 5.22 Å². The third-order valence-corrected chi connectivity index (χ3v) is 6.45. The molecule has 2 atom stereocenters. The first-order chi connectivity index (χ1) is 17.1. The number of H-pyrrole nitrogens is 1. The molecule has 0 saturated heterocycles. The Labute approximate surface area is 212 Å². The van der Waals surface area contributed by atoms with Crippen LogP contribution >= 0.6 is 11.8 Å². The van der Waals surface area contributed by atoms with Crippen LogP contribution in [0.3, 0.4) is 0 Å². The Bertz CT molecular complexity index is 1280. The molecule has 3 aromatic rings. The first-order valence-electron chi connectivity index (χ1n) is 11.5. The maximum absolute atomic E-state index is 13.2. The number of aromatic nitrogens is 3. The number of ether oxygens (including phenoxy) is 2. The lowest BCUT2D eigenvalue weighted by Gasteiger charge is -2.33. The third-order valence-electron chi connectivity index (χ3n) is 5.64. The fraction of sp³-hybridized carbons (Fsp3) is 0.458. The van der Waals surface area contributed by atoms with Crippen molar-refractivity contribution < 1.29 is 28.3 Å². The number of methoxy groups -OCH3 is 1. The van der Waals surface area contributed by atoms with E-state index < -0.39 is 29.7 Å². The molecule has 0 saturated carbocycles. The molecule has 11 nitrogen and oxygen atoms in total. The van der Waals surface area contributed by atoms with Crippen LogP contribution in [0, 0.1) is 0 Å². The van der Waals surface area contributed by atoms with Crippen molar-refractivity contribution in [3.05, 3.63) is 41.4 Å². The van der Waals surface area contributed by atoms with Crippen LogP contribution in [0.4, 0.5) is 4.79 Å². The number of aromatic amines is 1. The third kappa shape index (κ3) is 5.64. The molecule has 3 heterocycles. The standard InChI is InChI=1S/C24H29N5O6S/c1-13(25-22(32)35-24(2,3)4)20-27-28-23(34-20)36-12-19(30)29-11-17-15(10-18(29)21(31)33-5)14-8-6-7-9-16(14)26-17/h6-9,13,18,26H,10-12H2,1-5H3,(H,25,32)/t13-,18-/m1/s1. The number of thioether (sulfide) groups is 1. The largest absolute Gasteiger partial charge is 0.467 e. The van der Waals surface area contributed by atoms with Crippen molar-refractivity contribution in [2.45, 2.75) is 63.6 Å². The van der Waals surface area contributed by atoms with Crippen LogP contribution in [0.15, 0.2) is 33.9 Å². The van der Waals surface area contributed by atoms with Gasteiger partial charge in [-0.3, -0.25) is 4.79 Å². The van der Waals surface area contributed by atoms with Crippen LogP contribution in [-0.2, 0) is 32.0 Å². The van der Waals surface area contributed by atoms with Crippen LogP contribution in [-0.4, -0.2) is 62.6 Å². The zero-order valence-corrected chi connectivity index (χ0v) is 21.6. The molecule has 0 spiro atoms. The number of para-hydroxylation sites is 1. The van der Waals surface area contributed by atoms with Gasteiger partial charge in [0.2, 0.25) is 11.8 Å². The zero-order chi connectivity index (χ0) is 26.0. The van der Waals surface area contributed by atoms with Crippen molar-refractivity contribution in [2.75, 3.05) is 12.9 Å². The highest BCUT2D eigenvalue weighted by atomic mass is 32.2. The van der Waals surface area contributed by atoms with Gasteiger partial charge in [0.1, 0.15) is 17.7 Å². The molecule has 192 valence electrons. The molecule has 0 radical (unpaired) electrons. The van der Waals surface area contributed by atoms with E-state index in [9.17, 15) is 14.4 Å². The summed E-state index contributed by atoms with van der Waals surface area (Å²) in [7, 11) is 1.32. The molecule has 1 aromatic carbocycles. The lowest BCUT2D eigenvalue weighted by molar-refractivity contribution is -0.153. The molecular weight excluding hydrogens is 486 g/mol. The first kappa shape index (κ1) is 25.5. The number of amides is 2. The number of hydrogen-bond donors (Lipinski definition) is 2. The molecule has 2 N–H and O–H groups in total. The Morgan fingerprint density at radius 3 is 2.75 bits per heavy atom. The molecule has 12 heteroatoms. The number of carbonyl (C=O) groups excluding carboxylic acids is 3. The highest BCUT2D eigenvalue weighted by Gasteiger charge is 2.37. The number of nitrogens with zero attached hydrogens (tertiary/aromatic N) is 3. The van der Waals surface area contributed by atoms with Gasteiger partial charge in [-0.05, 0) is 39.3 Å². The summed E-state index contributed by atoms with van der Waals surface area (Å²) in [4.78, 5) is 42.6. The Kier molecular flexibility index (Phi) is 7.25. The molecule has 2 aromatic heterocycles. The van der Waals surface area contributed by atoms with Gasteiger partial charge in [-0.15, -0.1) is 10.2 Å². The van der Waals surface area contributed by atoms with E-state index in [2.05, 4.69) is 20.5 Å². The molecule has 1 aliphatic rings. The minimum atomic E-state index is -0.730. The SMILES string of the molecule is COC(=O)[C@H]1Cc2c([nH]c3ccccc23)CN1C(=O)CSc1nnc([C@@H](C)NC(=O)OC(C)(C)C)o1. The van der Waals surface area contributed by atoms with Crippen LogP contribution in [0.5, 0.6) is 0 Å². The summed E-state index contributed by atoms with van der Waals surface area (Å²) < 4.78 is 15.8. The normalized spacial score (nSPS) is 16.4. The maximum Gasteiger partial charge on any atom is 0.408 e. The molecule has 2 amide bonds. The van der Waals surface area contributed by atoms with Gasteiger partial charge < -0.3 is 29.1 Å². The molecule has 0 bridgehead atoms. The fourth-order valence-corrected chi connectivity index (χ4v) is 4.68. The number of esters is 1. The van der Waals surface area contributed by atoms with Crippen LogP contribution in [0.2, 0.25) is 0 Å². The summed E-state index contributed by atoms with van der Waals surface area (Å²) in [6.07, 6.45) is -0.242. The predicted octanol–water partition coefficient (Wildman–Crippen LogP) is 3.36. The summed E-state index contributed by atoms with van der Waals surface area (Å²) in [5.41, 5.74) is 2.24. The second-order valence-electron chi connectivity index (χ2n) is 9.46. The van der Waals surface area contributed by atoms with Crippen molar-refractivity contribution in [2.24, 2.45) is 0 Å². The van der Waals surface area contributed by atoms with E-state index in [4.69, 9.17) is 13.9 Å². The van der Waals surface area contributed by atoms with E-state index in [0.29, 0.717) is 6.42 Å². The number of rotatable bonds is 6. The Hall–Kier alpha value is -3.54. The van der Waals surface area contributed by atoms with Gasteiger partial charge in [-0.1, -0.05) is 30.0 Å². The van der Waals surface area contributed by atoms with Crippen molar-refractivity contribution >= 4 is 40.6 Å². The molecule has 0 fully saturated rings. The Balaban J connectivity index is 1.41. The summed E-state index contributed by atoms with van der Waals surface area (Å²) in [6, 6.07) is 6.53. The highest BCUT2D eigenvalue weighted by molar-refractivity contribution is 7.99. The fourth-order valence-electron chi connectivity index (χ4n) is 4.02. The van der Waals surface area contributed by atoms with Gasteiger partial charge >= 0.3 is 12.1 Å². The molecule has 36 heavy (non-hydrogen) atoms. The van der Waals surface area contributed by atoms with E-state index in [1.165, 1.54) is 12.0 Å². The van der Waals surface area contributed by atoms with Gasteiger partial charge in [-0.25, -0.2) is 9.59 Å². The smallest absolute Gasteiger partial charge is 0.408 e. The zero-order valence-electron chi connectivity index (χ0n) is 20.8. The van der Waals surface area contributed by atoms with Gasteiger partial charge in [0.15, 0.2) is 0 Å². The van der Waals surface area contributed by atoms with Gasteiger partial charge in [0, 0.05) is 23.0 Å². The summed E-state index contributed by atoms with van der Waals surface area (Å²) in [5.74, 6) is -0.562. The molecule has 4 rings (SSSR count). The average molecular weight is 516 g/mol. The first-order valence-corrected chi connectivity index (χ1v) is 12.5. The van der Waals surface area contributed by atoms with E-state index in [1.54, 1.807) is 27.7 Å². The monoisotopic (exact) mass is 515 g/mol. The lowest BCUT2D eigenvalue weighted by atomic mass is 9.96. The van der Waals surface area contributed by atoms with Crippen LogP contribution in [0.1, 0.15) is 50.9 Å². The quantitative estimate of drug-likeness (QED) is 0.373.